The Hall–Kier alpha value is -0.750. The van der Waals surface area contributed by atoms with E-state index in [1.165, 1.54) is 0 Å². The second-order valence-corrected chi connectivity index (χ2v) is 5.72. The summed E-state index contributed by atoms with van der Waals surface area (Å²) in [6.07, 6.45) is 0. The SMILES string of the molecule is COCCNC(=O)C(C)NC1=NC(C(C)C)CS1. The van der Waals surface area contributed by atoms with Gasteiger partial charge >= 0.3 is 0 Å². The number of carbonyl (C=O) groups is 1. The number of thioether (sulfide) groups is 1. The first-order valence-corrected chi connectivity index (χ1v) is 7.27. The molecule has 0 radical (unpaired) electrons. The molecule has 18 heavy (non-hydrogen) atoms. The number of carbonyl (C=O) groups excluding carboxylic acids is 1. The van der Waals surface area contributed by atoms with Gasteiger partial charge in [0.05, 0.1) is 12.6 Å². The molecule has 1 heterocycles. The number of hydrogen-bond donors (Lipinski definition) is 2. The van der Waals surface area contributed by atoms with Gasteiger partial charge in [-0.05, 0) is 12.8 Å². The smallest absolute Gasteiger partial charge is 0.242 e. The summed E-state index contributed by atoms with van der Waals surface area (Å²) in [6.45, 7) is 7.24. The Morgan fingerprint density at radius 2 is 2.28 bits per heavy atom. The van der Waals surface area contributed by atoms with Crippen LogP contribution in [0.2, 0.25) is 0 Å². The first kappa shape index (κ1) is 15.3. The maximum atomic E-state index is 11.7. The molecule has 0 aliphatic carbocycles. The van der Waals surface area contributed by atoms with Gasteiger partial charge in [-0.3, -0.25) is 9.79 Å². The van der Waals surface area contributed by atoms with Gasteiger partial charge in [-0.2, -0.15) is 0 Å². The molecular formula is C12H23N3O2S. The van der Waals surface area contributed by atoms with Crippen LogP contribution in [0.15, 0.2) is 4.99 Å². The van der Waals surface area contributed by atoms with Gasteiger partial charge in [-0.1, -0.05) is 25.6 Å². The van der Waals surface area contributed by atoms with E-state index in [1.807, 2.05) is 6.92 Å². The molecule has 0 aromatic carbocycles. The van der Waals surface area contributed by atoms with Crippen LogP contribution in [0.4, 0.5) is 0 Å². The van der Waals surface area contributed by atoms with Crippen molar-refractivity contribution in [2.45, 2.75) is 32.9 Å². The molecule has 1 rings (SSSR count). The van der Waals surface area contributed by atoms with Crippen molar-refractivity contribution in [3.05, 3.63) is 0 Å². The minimum atomic E-state index is -0.265. The molecule has 2 atom stereocenters. The molecule has 0 aromatic heterocycles. The Balaban J connectivity index is 2.34. The fourth-order valence-electron chi connectivity index (χ4n) is 1.49. The third kappa shape index (κ3) is 4.86. The normalized spacial score (nSPS) is 20.7. The van der Waals surface area contributed by atoms with Crippen LogP contribution < -0.4 is 10.6 Å². The first-order chi connectivity index (χ1) is 8.54. The molecular weight excluding hydrogens is 250 g/mol. The van der Waals surface area contributed by atoms with Crippen molar-refractivity contribution in [3.8, 4) is 0 Å². The van der Waals surface area contributed by atoms with Gasteiger partial charge < -0.3 is 15.4 Å². The molecule has 0 bridgehead atoms. The lowest BCUT2D eigenvalue weighted by atomic mass is 10.1. The summed E-state index contributed by atoms with van der Waals surface area (Å²) in [5.74, 6) is 1.52. The summed E-state index contributed by atoms with van der Waals surface area (Å²) in [4.78, 5) is 16.3. The average molecular weight is 273 g/mol. The highest BCUT2D eigenvalue weighted by atomic mass is 32.2. The summed E-state index contributed by atoms with van der Waals surface area (Å²) in [7, 11) is 1.61. The number of amidine groups is 1. The van der Waals surface area contributed by atoms with Gasteiger partial charge in [0, 0.05) is 19.4 Å². The third-order valence-electron chi connectivity index (χ3n) is 2.78. The van der Waals surface area contributed by atoms with Crippen molar-refractivity contribution in [2.24, 2.45) is 10.9 Å². The largest absolute Gasteiger partial charge is 0.383 e. The lowest BCUT2D eigenvalue weighted by molar-refractivity contribution is -0.122. The van der Waals surface area contributed by atoms with Gasteiger partial charge in [-0.25, -0.2) is 0 Å². The van der Waals surface area contributed by atoms with Gasteiger partial charge in [0.1, 0.15) is 6.04 Å². The molecule has 0 fully saturated rings. The predicted octanol–water partition coefficient (Wildman–Crippen LogP) is 0.854. The zero-order valence-electron chi connectivity index (χ0n) is 11.5. The van der Waals surface area contributed by atoms with E-state index in [1.54, 1.807) is 18.9 Å². The van der Waals surface area contributed by atoms with Crippen molar-refractivity contribution < 1.29 is 9.53 Å². The number of nitrogens with one attached hydrogen (secondary N) is 2. The fraction of sp³-hybridized carbons (Fsp3) is 0.833. The standard InChI is InChI=1S/C12H23N3O2S/c1-8(2)10-7-18-12(15-10)14-9(3)11(16)13-5-6-17-4/h8-10H,5-7H2,1-4H3,(H,13,16)(H,14,15). The van der Waals surface area contributed by atoms with Crippen LogP contribution in [0.25, 0.3) is 0 Å². The van der Waals surface area contributed by atoms with E-state index in [2.05, 4.69) is 29.5 Å². The van der Waals surface area contributed by atoms with Gasteiger partial charge in [0.2, 0.25) is 5.91 Å². The Morgan fingerprint density at radius 1 is 1.56 bits per heavy atom. The molecule has 1 aliphatic rings. The summed E-state index contributed by atoms with van der Waals surface area (Å²) in [5.41, 5.74) is 0. The predicted molar refractivity (Wildman–Crippen MR) is 76.0 cm³/mol. The van der Waals surface area contributed by atoms with Crippen LogP contribution in [0.3, 0.4) is 0 Å². The highest BCUT2D eigenvalue weighted by Gasteiger charge is 2.23. The van der Waals surface area contributed by atoms with Crippen LogP contribution in [-0.2, 0) is 9.53 Å². The average Bonchev–Trinajstić information content (AvgIpc) is 2.77. The number of amides is 1. The maximum absolute atomic E-state index is 11.7. The Labute approximate surface area is 113 Å². The zero-order valence-corrected chi connectivity index (χ0v) is 12.3. The van der Waals surface area contributed by atoms with Crippen molar-refractivity contribution in [1.29, 1.82) is 0 Å². The van der Waals surface area contributed by atoms with Crippen LogP contribution in [-0.4, -0.2) is 49.2 Å². The molecule has 0 aromatic rings. The molecule has 0 spiro atoms. The minimum Gasteiger partial charge on any atom is -0.383 e. The number of aliphatic imine (C=N–C) groups is 1. The highest BCUT2D eigenvalue weighted by Crippen LogP contribution is 2.22. The summed E-state index contributed by atoms with van der Waals surface area (Å²) < 4.78 is 4.88. The lowest BCUT2D eigenvalue weighted by Crippen LogP contribution is -2.44. The molecule has 104 valence electrons. The van der Waals surface area contributed by atoms with Crippen molar-refractivity contribution in [3.63, 3.8) is 0 Å². The summed E-state index contributed by atoms with van der Waals surface area (Å²) >= 11 is 1.69. The van der Waals surface area contributed by atoms with E-state index < -0.39 is 0 Å². The Bertz CT molecular complexity index is 308. The van der Waals surface area contributed by atoms with E-state index in [4.69, 9.17) is 4.74 Å². The van der Waals surface area contributed by atoms with E-state index in [-0.39, 0.29) is 11.9 Å². The quantitative estimate of drug-likeness (QED) is 0.705. The molecule has 2 N–H and O–H groups in total. The van der Waals surface area contributed by atoms with E-state index in [9.17, 15) is 4.79 Å². The van der Waals surface area contributed by atoms with Crippen molar-refractivity contribution >= 4 is 22.8 Å². The van der Waals surface area contributed by atoms with Crippen LogP contribution in [0.1, 0.15) is 20.8 Å². The lowest BCUT2D eigenvalue weighted by Gasteiger charge is -2.14. The van der Waals surface area contributed by atoms with Gasteiger partial charge in [0.15, 0.2) is 5.17 Å². The number of methoxy groups -OCH3 is 1. The second-order valence-electron chi connectivity index (χ2n) is 4.71. The van der Waals surface area contributed by atoms with E-state index >= 15 is 0 Å². The molecule has 0 saturated carbocycles. The first-order valence-electron chi connectivity index (χ1n) is 6.28. The van der Waals surface area contributed by atoms with E-state index in [0.717, 1.165) is 10.9 Å². The molecule has 6 heteroatoms. The molecule has 5 nitrogen and oxygen atoms in total. The van der Waals surface area contributed by atoms with Crippen LogP contribution >= 0.6 is 11.8 Å². The van der Waals surface area contributed by atoms with Crippen molar-refractivity contribution in [2.75, 3.05) is 26.0 Å². The maximum Gasteiger partial charge on any atom is 0.242 e. The number of ether oxygens (including phenoxy) is 1. The number of rotatable bonds is 6. The monoisotopic (exact) mass is 273 g/mol. The minimum absolute atomic E-state index is 0.0247. The topological polar surface area (TPSA) is 62.7 Å². The molecule has 2 unspecified atom stereocenters. The zero-order chi connectivity index (χ0) is 13.5. The summed E-state index contributed by atoms with van der Waals surface area (Å²) in [6, 6.07) is 0.0975. The van der Waals surface area contributed by atoms with Gasteiger partial charge in [-0.15, -0.1) is 0 Å². The van der Waals surface area contributed by atoms with Crippen LogP contribution in [0.5, 0.6) is 0 Å². The highest BCUT2D eigenvalue weighted by molar-refractivity contribution is 8.14. The summed E-state index contributed by atoms with van der Waals surface area (Å²) in [5, 5.41) is 6.83. The van der Waals surface area contributed by atoms with E-state index in [0.29, 0.717) is 25.1 Å². The third-order valence-corrected chi connectivity index (χ3v) is 3.79. The Kier molecular flexibility index (Phi) is 6.49. The molecule has 0 saturated heterocycles. The molecule has 1 amide bonds. The van der Waals surface area contributed by atoms with Crippen LogP contribution in [0, 0.1) is 5.92 Å². The molecule has 1 aliphatic heterocycles. The fourth-order valence-corrected chi connectivity index (χ4v) is 2.75. The Morgan fingerprint density at radius 3 is 2.83 bits per heavy atom. The number of hydrogen-bond acceptors (Lipinski definition) is 5. The second kappa shape index (κ2) is 7.63. The number of nitrogens with zero attached hydrogens (tertiary/aromatic N) is 1. The van der Waals surface area contributed by atoms with Crippen molar-refractivity contribution in [1.82, 2.24) is 10.6 Å². The van der Waals surface area contributed by atoms with Gasteiger partial charge in [0.25, 0.3) is 0 Å².